The van der Waals surface area contributed by atoms with Gasteiger partial charge in [0, 0.05) is 38.3 Å². The first-order valence-corrected chi connectivity index (χ1v) is 9.58. The normalized spacial score (nSPS) is 17.3. The minimum Gasteiger partial charge on any atom is -0.357 e. The maximum absolute atomic E-state index is 11.8. The van der Waals surface area contributed by atoms with Crippen LogP contribution in [0, 0.1) is 0 Å². The predicted octanol–water partition coefficient (Wildman–Crippen LogP) is 0.420. The van der Waals surface area contributed by atoms with E-state index < -0.39 is 0 Å². The molecule has 2 aliphatic heterocycles. The molecule has 28 heavy (non-hydrogen) atoms. The summed E-state index contributed by atoms with van der Waals surface area (Å²) >= 11 is 0. The van der Waals surface area contributed by atoms with Crippen molar-refractivity contribution in [3.8, 4) is 0 Å². The summed E-state index contributed by atoms with van der Waals surface area (Å²) in [6, 6.07) is 7.49. The number of aliphatic imine (C=N–C) groups is 1. The largest absolute Gasteiger partial charge is 0.357 e. The van der Waals surface area contributed by atoms with Gasteiger partial charge in [-0.2, -0.15) is 0 Å². The molecule has 9 heteroatoms. The fourth-order valence-corrected chi connectivity index (χ4v) is 3.18. The number of urea groups is 1. The van der Waals surface area contributed by atoms with Gasteiger partial charge in [-0.05, 0) is 31.0 Å². The summed E-state index contributed by atoms with van der Waals surface area (Å²) in [4.78, 5) is 42.5. The molecule has 0 aliphatic carbocycles. The first kappa shape index (κ1) is 19.7. The molecule has 0 unspecified atom stereocenters. The van der Waals surface area contributed by atoms with Crippen LogP contribution in [0.2, 0.25) is 0 Å². The third-order valence-electron chi connectivity index (χ3n) is 4.65. The molecule has 0 aromatic heterocycles. The molecule has 2 fully saturated rings. The molecule has 1 aromatic carbocycles. The van der Waals surface area contributed by atoms with Gasteiger partial charge in [-0.1, -0.05) is 12.1 Å². The first-order chi connectivity index (χ1) is 13.6. The molecular weight excluding hydrogens is 360 g/mol. The SMILES string of the molecule is CCNC(=NCc1ccc(N2CCCC2=O)cc1)NCCN1C(=O)CNC1=O. The smallest absolute Gasteiger partial charge is 0.324 e. The van der Waals surface area contributed by atoms with Crippen LogP contribution in [0.5, 0.6) is 0 Å². The van der Waals surface area contributed by atoms with Gasteiger partial charge in [0.2, 0.25) is 11.8 Å². The number of nitrogens with zero attached hydrogens (tertiary/aromatic N) is 3. The van der Waals surface area contributed by atoms with Gasteiger partial charge in [0.05, 0.1) is 13.1 Å². The van der Waals surface area contributed by atoms with Crippen LogP contribution in [0.15, 0.2) is 29.3 Å². The number of benzene rings is 1. The van der Waals surface area contributed by atoms with Gasteiger partial charge in [-0.15, -0.1) is 0 Å². The highest BCUT2D eigenvalue weighted by Gasteiger charge is 2.27. The van der Waals surface area contributed by atoms with E-state index in [-0.39, 0.29) is 30.9 Å². The van der Waals surface area contributed by atoms with Crippen LogP contribution in [0.25, 0.3) is 0 Å². The van der Waals surface area contributed by atoms with E-state index in [1.165, 1.54) is 4.90 Å². The number of hydrogen-bond acceptors (Lipinski definition) is 4. The Bertz CT molecular complexity index is 745. The fraction of sp³-hybridized carbons (Fsp3) is 0.474. The summed E-state index contributed by atoms with van der Waals surface area (Å²) < 4.78 is 0. The minimum absolute atomic E-state index is 0.0615. The molecule has 9 nitrogen and oxygen atoms in total. The van der Waals surface area contributed by atoms with Crippen molar-refractivity contribution < 1.29 is 14.4 Å². The molecular formula is C19H26N6O3. The van der Waals surface area contributed by atoms with Crippen molar-refractivity contribution in [1.29, 1.82) is 0 Å². The van der Waals surface area contributed by atoms with Gasteiger partial charge in [-0.25, -0.2) is 9.79 Å². The number of hydrogen-bond donors (Lipinski definition) is 3. The molecule has 150 valence electrons. The lowest BCUT2D eigenvalue weighted by atomic mass is 10.2. The van der Waals surface area contributed by atoms with Crippen molar-refractivity contribution in [2.75, 3.05) is 37.6 Å². The average Bonchev–Trinajstić information content (AvgIpc) is 3.26. The van der Waals surface area contributed by atoms with Gasteiger partial charge in [0.15, 0.2) is 5.96 Å². The lowest BCUT2D eigenvalue weighted by molar-refractivity contribution is -0.125. The summed E-state index contributed by atoms with van der Waals surface area (Å²) in [6.45, 7) is 4.69. The van der Waals surface area contributed by atoms with E-state index in [9.17, 15) is 14.4 Å². The number of anilines is 1. The van der Waals surface area contributed by atoms with Crippen molar-refractivity contribution in [3.63, 3.8) is 0 Å². The molecule has 0 radical (unpaired) electrons. The van der Waals surface area contributed by atoms with Crippen LogP contribution in [-0.4, -0.2) is 61.4 Å². The van der Waals surface area contributed by atoms with E-state index in [4.69, 9.17) is 0 Å². The highest BCUT2D eigenvalue weighted by molar-refractivity contribution is 6.02. The van der Waals surface area contributed by atoms with Crippen LogP contribution in [0.1, 0.15) is 25.3 Å². The van der Waals surface area contributed by atoms with Crippen molar-refractivity contribution in [2.45, 2.75) is 26.3 Å². The Labute approximate surface area is 164 Å². The van der Waals surface area contributed by atoms with Crippen LogP contribution >= 0.6 is 0 Å². The lowest BCUT2D eigenvalue weighted by Gasteiger charge is -2.16. The number of carbonyl (C=O) groups excluding carboxylic acids is 3. The second-order valence-electron chi connectivity index (χ2n) is 6.64. The zero-order valence-electron chi connectivity index (χ0n) is 16.0. The van der Waals surface area contributed by atoms with Crippen molar-refractivity contribution in [3.05, 3.63) is 29.8 Å². The van der Waals surface area contributed by atoms with Gasteiger partial charge >= 0.3 is 6.03 Å². The molecule has 0 atom stereocenters. The number of guanidine groups is 1. The third-order valence-corrected chi connectivity index (χ3v) is 4.65. The summed E-state index contributed by atoms with van der Waals surface area (Å²) in [7, 11) is 0. The van der Waals surface area contributed by atoms with Gasteiger partial charge in [0.25, 0.3) is 0 Å². The predicted molar refractivity (Wildman–Crippen MR) is 106 cm³/mol. The van der Waals surface area contributed by atoms with Gasteiger partial charge < -0.3 is 20.9 Å². The van der Waals surface area contributed by atoms with Crippen molar-refractivity contribution >= 4 is 29.5 Å². The highest BCUT2D eigenvalue weighted by atomic mass is 16.2. The maximum atomic E-state index is 11.8. The van der Waals surface area contributed by atoms with Crippen molar-refractivity contribution in [2.24, 2.45) is 4.99 Å². The van der Waals surface area contributed by atoms with E-state index >= 15 is 0 Å². The summed E-state index contributed by atoms with van der Waals surface area (Å²) in [6.07, 6.45) is 1.53. The topological polar surface area (TPSA) is 106 Å². The number of rotatable bonds is 7. The van der Waals surface area contributed by atoms with E-state index in [1.54, 1.807) is 0 Å². The molecule has 0 spiro atoms. The molecule has 2 heterocycles. The molecule has 0 bridgehead atoms. The Balaban J connectivity index is 1.52. The average molecular weight is 386 g/mol. The quantitative estimate of drug-likeness (QED) is 0.358. The monoisotopic (exact) mass is 386 g/mol. The molecule has 2 aliphatic rings. The van der Waals surface area contributed by atoms with Crippen LogP contribution in [0.4, 0.5) is 10.5 Å². The number of nitrogens with one attached hydrogen (secondary N) is 3. The molecule has 1 aromatic rings. The zero-order valence-corrected chi connectivity index (χ0v) is 16.0. The molecule has 0 saturated carbocycles. The van der Waals surface area contributed by atoms with E-state index in [2.05, 4.69) is 20.9 Å². The Morgan fingerprint density at radius 1 is 1.14 bits per heavy atom. The van der Waals surface area contributed by atoms with Gasteiger partial charge in [0.1, 0.15) is 0 Å². The van der Waals surface area contributed by atoms with E-state index in [0.717, 1.165) is 24.2 Å². The Morgan fingerprint density at radius 2 is 1.93 bits per heavy atom. The standard InChI is InChI=1S/C19H26N6O3/c1-2-20-18(21-9-11-25-17(27)13-23-19(25)28)22-12-14-5-7-15(8-6-14)24-10-3-4-16(24)26/h5-8H,2-4,9-13H2,1H3,(H,23,28)(H2,20,21,22). The summed E-state index contributed by atoms with van der Waals surface area (Å²) in [5.41, 5.74) is 1.95. The summed E-state index contributed by atoms with van der Waals surface area (Å²) in [5.74, 6) is 0.577. The molecule has 2 saturated heterocycles. The van der Waals surface area contributed by atoms with Crippen LogP contribution in [0.3, 0.4) is 0 Å². The van der Waals surface area contributed by atoms with Crippen molar-refractivity contribution in [1.82, 2.24) is 20.9 Å². The molecule has 3 rings (SSSR count). The maximum Gasteiger partial charge on any atom is 0.324 e. The van der Waals surface area contributed by atoms with Crippen LogP contribution in [-0.2, 0) is 16.1 Å². The third kappa shape index (κ3) is 4.79. The minimum atomic E-state index is -0.356. The Morgan fingerprint density at radius 3 is 2.54 bits per heavy atom. The van der Waals surface area contributed by atoms with E-state index in [1.807, 2.05) is 36.1 Å². The number of imide groups is 1. The number of amides is 4. The summed E-state index contributed by atoms with van der Waals surface area (Å²) in [5, 5.41) is 8.77. The molecule has 3 N–H and O–H groups in total. The first-order valence-electron chi connectivity index (χ1n) is 9.58. The van der Waals surface area contributed by atoms with E-state index in [0.29, 0.717) is 32.0 Å². The second-order valence-corrected chi connectivity index (χ2v) is 6.64. The van der Waals surface area contributed by atoms with Gasteiger partial charge in [-0.3, -0.25) is 14.5 Å². The zero-order chi connectivity index (χ0) is 19.9. The lowest BCUT2D eigenvalue weighted by Crippen LogP contribution is -2.43. The van der Waals surface area contributed by atoms with Crippen LogP contribution < -0.4 is 20.9 Å². The Hall–Kier alpha value is -3.10. The Kier molecular flexibility index (Phi) is 6.46. The fourth-order valence-electron chi connectivity index (χ4n) is 3.18. The molecule has 4 amide bonds. The second kappa shape index (κ2) is 9.20. The number of carbonyl (C=O) groups is 3. The highest BCUT2D eigenvalue weighted by Crippen LogP contribution is 2.21.